The SMILES string of the molecule is O=C(CN1CCc2sccc2C1c1cccs1)c1c[nH]c2ccccc12. The maximum atomic E-state index is 13.1. The second-order valence-electron chi connectivity index (χ2n) is 6.61. The Hall–Kier alpha value is -2.21. The summed E-state index contributed by atoms with van der Waals surface area (Å²) in [5.41, 5.74) is 3.18. The topological polar surface area (TPSA) is 36.1 Å². The van der Waals surface area contributed by atoms with Crippen molar-refractivity contribution in [1.29, 1.82) is 0 Å². The monoisotopic (exact) mass is 378 g/mol. The number of rotatable bonds is 4. The second kappa shape index (κ2) is 6.50. The van der Waals surface area contributed by atoms with Gasteiger partial charge in [-0.25, -0.2) is 0 Å². The van der Waals surface area contributed by atoms with Gasteiger partial charge >= 0.3 is 0 Å². The van der Waals surface area contributed by atoms with Gasteiger partial charge in [-0.1, -0.05) is 24.3 Å². The molecule has 0 bridgehead atoms. The normalized spacial score (nSPS) is 17.5. The first-order valence-corrected chi connectivity index (χ1v) is 10.5. The van der Waals surface area contributed by atoms with Gasteiger partial charge < -0.3 is 4.98 Å². The molecular formula is C21H18N2OS2. The molecule has 1 aromatic carbocycles. The van der Waals surface area contributed by atoms with Crippen molar-refractivity contribution in [2.45, 2.75) is 12.5 Å². The predicted molar refractivity (Wildman–Crippen MR) is 108 cm³/mol. The van der Waals surface area contributed by atoms with Crippen LogP contribution in [-0.2, 0) is 6.42 Å². The molecule has 1 atom stereocenters. The average Bonchev–Trinajstić information content (AvgIpc) is 3.41. The summed E-state index contributed by atoms with van der Waals surface area (Å²) >= 11 is 3.61. The summed E-state index contributed by atoms with van der Waals surface area (Å²) in [5.74, 6) is 0.183. The Bertz CT molecular complexity index is 1060. The fraction of sp³-hybridized carbons (Fsp3) is 0.190. The van der Waals surface area contributed by atoms with Gasteiger partial charge in [0.05, 0.1) is 12.6 Å². The highest BCUT2D eigenvalue weighted by atomic mass is 32.1. The van der Waals surface area contributed by atoms with Crippen molar-refractivity contribution >= 4 is 39.4 Å². The number of H-pyrrole nitrogens is 1. The number of aromatic nitrogens is 1. The summed E-state index contributed by atoms with van der Waals surface area (Å²) in [4.78, 5) is 21.4. The lowest BCUT2D eigenvalue weighted by Crippen LogP contribution is -2.38. The number of para-hydroxylation sites is 1. The van der Waals surface area contributed by atoms with Crippen molar-refractivity contribution in [3.8, 4) is 0 Å². The molecule has 0 saturated heterocycles. The maximum absolute atomic E-state index is 13.1. The van der Waals surface area contributed by atoms with E-state index in [1.807, 2.05) is 41.8 Å². The first kappa shape index (κ1) is 16.0. The molecule has 0 radical (unpaired) electrons. The van der Waals surface area contributed by atoms with Crippen LogP contribution in [0.5, 0.6) is 0 Å². The minimum atomic E-state index is 0.183. The number of nitrogens with zero attached hydrogens (tertiary/aromatic N) is 1. The molecule has 0 saturated carbocycles. The molecular weight excluding hydrogens is 360 g/mol. The zero-order chi connectivity index (χ0) is 17.5. The molecule has 130 valence electrons. The van der Waals surface area contributed by atoms with Crippen LogP contribution >= 0.6 is 22.7 Å². The Balaban J connectivity index is 1.48. The third-order valence-corrected chi connectivity index (χ3v) is 7.04. The van der Waals surface area contributed by atoms with Gasteiger partial charge in [0.25, 0.3) is 0 Å². The van der Waals surface area contributed by atoms with Crippen LogP contribution in [-0.4, -0.2) is 28.8 Å². The maximum Gasteiger partial charge on any atom is 0.178 e. The molecule has 4 heterocycles. The number of hydrogen-bond acceptors (Lipinski definition) is 4. The van der Waals surface area contributed by atoms with E-state index in [4.69, 9.17) is 0 Å². The third kappa shape index (κ3) is 2.63. The molecule has 0 aliphatic carbocycles. The fourth-order valence-corrected chi connectivity index (χ4v) is 5.67. The van der Waals surface area contributed by atoms with Gasteiger partial charge in [0.15, 0.2) is 5.78 Å². The average molecular weight is 379 g/mol. The van der Waals surface area contributed by atoms with Crippen molar-refractivity contribution in [2.24, 2.45) is 0 Å². The van der Waals surface area contributed by atoms with Crippen LogP contribution in [0, 0.1) is 0 Å². The minimum absolute atomic E-state index is 0.183. The van der Waals surface area contributed by atoms with E-state index >= 15 is 0 Å². The summed E-state index contributed by atoms with van der Waals surface area (Å²) in [7, 11) is 0. The van der Waals surface area contributed by atoms with Crippen LogP contribution in [0.15, 0.2) is 59.4 Å². The Morgan fingerprint density at radius 3 is 2.92 bits per heavy atom. The van der Waals surface area contributed by atoms with Crippen LogP contribution < -0.4 is 0 Å². The number of ketones is 1. The van der Waals surface area contributed by atoms with E-state index in [1.54, 1.807) is 11.3 Å². The van der Waals surface area contributed by atoms with Crippen LogP contribution in [0.3, 0.4) is 0 Å². The highest BCUT2D eigenvalue weighted by Crippen LogP contribution is 2.39. The van der Waals surface area contributed by atoms with Gasteiger partial charge in [0, 0.05) is 39.0 Å². The third-order valence-electron chi connectivity index (χ3n) is 5.11. The highest BCUT2D eigenvalue weighted by molar-refractivity contribution is 7.10. The van der Waals surface area contributed by atoms with Crippen LogP contribution in [0.2, 0.25) is 0 Å². The van der Waals surface area contributed by atoms with Crippen molar-refractivity contribution in [1.82, 2.24) is 9.88 Å². The summed E-state index contributed by atoms with van der Waals surface area (Å²) in [6.07, 6.45) is 2.88. The van der Waals surface area contributed by atoms with Crippen LogP contribution in [0.1, 0.15) is 31.7 Å². The quantitative estimate of drug-likeness (QED) is 0.500. The minimum Gasteiger partial charge on any atom is -0.360 e. The highest BCUT2D eigenvalue weighted by Gasteiger charge is 2.31. The largest absolute Gasteiger partial charge is 0.360 e. The number of fused-ring (bicyclic) bond motifs is 2. The zero-order valence-electron chi connectivity index (χ0n) is 14.1. The van der Waals surface area contributed by atoms with Crippen molar-refractivity contribution in [2.75, 3.05) is 13.1 Å². The molecule has 0 fully saturated rings. The summed E-state index contributed by atoms with van der Waals surface area (Å²) in [6, 6.07) is 14.7. The molecule has 1 aliphatic heterocycles. The van der Waals surface area contributed by atoms with Gasteiger partial charge in [-0.15, -0.1) is 22.7 Å². The fourth-order valence-electron chi connectivity index (χ4n) is 3.89. The van der Waals surface area contributed by atoms with E-state index in [2.05, 4.69) is 38.8 Å². The van der Waals surface area contributed by atoms with Gasteiger partial charge in [-0.05, 0) is 40.9 Å². The molecule has 3 nitrogen and oxygen atoms in total. The predicted octanol–water partition coefficient (Wildman–Crippen LogP) is 5.12. The van der Waals surface area contributed by atoms with Gasteiger partial charge in [-0.2, -0.15) is 0 Å². The van der Waals surface area contributed by atoms with E-state index in [0.29, 0.717) is 6.54 Å². The molecule has 1 N–H and O–H groups in total. The summed E-state index contributed by atoms with van der Waals surface area (Å²) < 4.78 is 0. The number of aromatic amines is 1. The Morgan fingerprint density at radius 2 is 2.04 bits per heavy atom. The number of thiophene rings is 2. The molecule has 0 spiro atoms. The molecule has 1 aliphatic rings. The summed E-state index contributed by atoms with van der Waals surface area (Å²) in [6.45, 7) is 1.36. The number of carbonyl (C=O) groups excluding carboxylic acids is 1. The molecule has 0 amide bonds. The second-order valence-corrected chi connectivity index (χ2v) is 8.59. The lowest BCUT2D eigenvalue weighted by atomic mass is 9.97. The van der Waals surface area contributed by atoms with Crippen molar-refractivity contribution in [3.05, 3.63) is 80.3 Å². The van der Waals surface area contributed by atoms with Gasteiger partial charge in [0.2, 0.25) is 0 Å². The van der Waals surface area contributed by atoms with Crippen LogP contribution in [0.25, 0.3) is 10.9 Å². The van der Waals surface area contributed by atoms with Crippen molar-refractivity contribution in [3.63, 3.8) is 0 Å². The lowest BCUT2D eigenvalue weighted by Gasteiger charge is -2.34. The number of carbonyl (C=O) groups is 1. The van der Waals surface area contributed by atoms with Crippen molar-refractivity contribution < 1.29 is 4.79 Å². The van der Waals surface area contributed by atoms with E-state index in [0.717, 1.165) is 29.4 Å². The van der Waals surface area contributed by atoms with E-state index < -0.39 is 0 Å². The number of hydrogen-bond donors (Lipinski definition) is 1. The Morgan fingerprint density at radius 1 is 1.12 bits per heavy atom. The van der Waals surface area contributed by atoms with Gasteiger partial charge in [-0.3, -0.25) is 9.69 Å². The van der Waals surface area contributed by atoms with Gasteiger partial charge in [0.1, 0.15) is 0 Å². The summed E-state index contributed by atoms with van der Waals surface area (Å²) in [5, 5.41) is 5.31. The molecule has 3 aromatic heterocycles. The molecule has 26 heavy (non-hydrogen) atoms. The first-order chi connectivity index (χ1) is 12.8. The first-order valence-electron chi connectivity index (χ1n) is 8.74. The Labute approximate surface area is 159 Å². The number of benzene rings is 1. The zero-order valence-corrected chi connectivity index (χ0v) is 15.8. The van der Waals surface area contributed by atoms with E-state index in [1.165, 1.54) is 15.3 Å². The number of nitrogens with one attached hydrogen (secondary N) is 1. The standard InChI is InChI=1S/C21H18N2OS2/c24-18(16-12-22-17-5-2-1-4-14(16)17)13-23-9-7-19-15(8-11-26-19)21(23)20-6-3-10-25-20/h1-6,8,10-12,21-22H,7,9,13H2. The molecule has 4 aromatic rings. The number of Topliss-reactive ketones (excluding diaryl/α,β-unsaturated/α-hetero) is 1. The van der Waals surface area contributed by atoms with E-state index in [-0.39, 0.29) is 11.8 Å². The van der Waals surface area contributed by atoms with Crippen LogP contribution in [0.4, 0.5) is 0 Å². The molecule has 5 rings (SSSR count). The van der Waals surface area contributed by atoms with E-state index in [9.17, 15) is 4.79 Å². The molecule has 1 unspecified atom stereocenters. The smallest absolute Gasteiger partial charge is 0.178 e. The Kier molecular flexibility index (Phi) is 4.00. The molecule has 5 heteroatoms. The lowest BCUT2D eigenvalue weighted by molar-refractivity contribution is 0.0905.